The van der Waals surface area contributed by atoms with Crippen LogP contribution in [0.4, 0.5) is 4.79 Å². The van der Waals surface area contributed by atoms with E-state index in [1.807, 2.05) is 32.9 Å². The normalized spacial score (nSPS) is 20.6. The van der Waals surface area contributed by atoms with Crippen molar-refractivity contribution in [2.24, 2.45) is 0 Å². The summed E-state index contributed by atoms with van der Waals surface area (Å²) in [6.45, 7) is 6.37. The van der Waals surface area contributed by atoms with Crippen LogP contribution >= 0.6 is 0 Å². The summed E-state index contributed by atoms with van der Waals surface area (Å²) in [5, 5.41) is 0. The van der Waals surface area contributed by atoms with Gasteiger partial charge < -0.3 is 9.15 Å². The highest BCUT2D eigenvalue weighted by atomic mass is 16.6. The molecule has 0 N–H and O–H groups in total. The molecule has 1 aliphatic heterocycles. The van der Waals surface area contributed by atoms with Crippen molar-refractivity contribution < 1.29 is 13.9 Å². The first-order valence-corrected chi connectivity index (χ1v) is 6.00. The van der Waals surface area contributed by atoms with Crippen LogP contribution in [0.2, 0.25) is 0 Å². The Hall–Kier alpha value is -1.45. The lowest BCUT2D eigenvalue weighted by atomic mass is 10.2. The molecule has 1 aliphatic rings. The molecule has 4 heteroatoms. The highest BCUT2D eigenvalue weighted by Crippen LogP contribution is 2.33. The third-order valence-corrected chi connectivity index (χ3v) is 2.75. The summed E-state index contributed by atoms with van der Waals surface area (Å²) in [7, 11) is 0. The Morgan fingerprint density at radius 1 is 1.53 bits per heavy atom. The van der Waals surface area contributed by atoms with Crippen molar-refractivity contribution in [3.8, 4) is 0 Å². The number of furan rings is 1. The molecule has 1 aromatic rings. The number of nitrogens with zero attached hydrogens (tertiary/aromatic N) is 1. The van der Waals surface area contributed by atoms with E-state index in [4.69, 9.17) is 9.15 Å². The van der Waals surface area contributed by atoms with E-state index in [1.165, 1.54) is 0 Å². The smallest absolute Gasteiger partial charge is 0.410 e. The van der Waals surface area contributed by atoms with Crippen molar-refractivity contribution in [2.75, 3.05) is 6.54 Å². The summed E-state index contributed by atoms with van der Waals surface area (Å²) in [6, 6.07) is 3.79. The van der Waals surface area contributed by atoms with Gasteiger partial charge >= 0.3 is 6.09 Å². The Morgan fingerprint density at radius 2 is 2.29 bits per heavy atom. The average molecular weight is 237 g/mol. The Bertz CT molecular complexity index is 378. The van der Waals surface area contributed by atoms with Gasteiger partial charge in [-0.05, 0) is 45.7 Å². The van der Waals surface area contributed by atoms with Crippen LogP contribution in [0, 0.1) is 0 Å². The fourth-order valence-corrected chi connectivity index (χ4v) is 2.08. The molecule has 1 fully saturated rings. The van der Waals surface area contributed by atoms with Gasteiger partial charge in [0.2, 0.25) is 0 Å². The van der Waals surface area contributed by atoms with Crippen molar-refractivity contribution in [3.05, 3.63) is 24.2 Å². The number of carbonyl (C=O) groups excluding carboxylic acids is 1. The number of rotatable bonds is 1. The molecule has 1 amide bonds. The molecule has 4 nitrogen and oxygen atoms in total. The second kappa shape index (κ2) is 4.43. The lowest BCUT2D eigenvalue weighted by Gasteiger charge is -2.27. The lowest BCUT2D eigenvalue weighted by molar-refractivity contribution is 0.0208. The number of hydrogen-bond acceptors (Lipinski definition) is 3. The zero-order valence-electron chi connectivity index (χ0n) is 10.6. The van der Waals surface area contributed by atoms with Crippen LogP contribution in [-0.2, 0) is 4.74 Å². The van der Waals surface area contributed by atoms with Crippen LogP contribution in [0.25, 0.3) is 0 Å². The summed E-state index contributed by atoms with van der Waals surface area (Å²) in [5.41, 5.74) is -0.451. The summed E-state index contributed by atoms with van der Waals surface area (Å²) in [4.78, 5) is 13.8. The molecule has 17 heavy (non-hydrogen) atoms. The highest BCUT2D eigenvalue weighted by molar-refractivity contribution is 5.69. The molecule has 1 aromatic heterocycles. The van der Waals surface area contributed by atoms with Crippen LogP contribution < -0.4 is 0 Å². The third-order valence-electron chi connectivity index (χ3n) is 2.75. The Labute approximate surface area is 102 Å². The SMILES string of the molecule is CC(C)(C)OC(=O)N1CCCC1c1ccco1. The zero-order chi connectivity index (χ0) is 12.5. The van der Waals surface area contributed by atoms with Crippen LogP contribution in [0.15, 0.2) is 22.8 Å². The van der Waals surface area contributed by atoms with E-state index in [0.717, 1.165) is 25.1 Å². The maximum atomic E-state index is 12.0. The fourth-order valence-electron chi connectivity index (χ4n) is 2.08. The van der Waals surface area contributed by atoms with E-state index in [9.17, 15) is 4.79 Å². The van der Waals surface area contributed by atoms with Gasteiger partial charge in [0.25, 0.3) is 0 Å². The number of likely N-dealkylation sites (tertiary alicyclic amines) is 1. The van der Waals surface area contributed by atoms with Gasteiger partial charge in [-0.3, -0.25) is 4.90 Å². The molecule has 0 aliphatic carbocycles. The molecule has 2 rings (SSSR count). The van der Waals surface area contributed by atoms with Crippen LogP contribution in [0.3, 0.4) is 0 Å². The van der Waals surface area contributed by atoms with E-state index < -0.39 is 5.60 Å². The average Bonchev–Trinajstić information content (AvgIpc) is 2.85. The Kier molecular flexibility index (Phi) is 3.13. The molecule has 0 spiro atoms. The fraction of sp³-hybridized carbons (Fsp3) is 0.615. The highest BCUT2D eigenvalue weighted by Gasteiger charge is 2.34. The van der Waals surface area contributed by atoms with Crippen LogP contribution in [0.5, 0.6) is 0 Å². The summed E-state index contributed by atoms with van der Waals surface area (Å²) in [5.74, 6) is 0.841. The summed E-state index contributed by atoms with van der Waals surface area (Å²) in [6.07, 6.45) is 3.31. The van der Waals surface area contributed by atoms with Gasteiger partial charge in [0.1, 0.15) is 11.4 Å². The van der Waals surface area contributed by atoms with Crippen LogP contribution in [-0.4, -0.2) is 23.1 Å². The Balaban J connectivity index is 2.07. The number of carbonyl (C=O) groups is 1. The van der Waals surface area contributed by atoms with E-state index >= 15 is 0 Å². The van der Waals surface area contributed by atoms with Gasteiger partial charge in [-0.1, -0.05) is 0 Å². The molecular formula is C13H19NO3. The summed E-state index contributed by atoms with van der Waals surface area (Å²) < 4.78 is 10.8. The van der Waals surface area contributed by atoms with E-state index in [-0.39, 0.29) is 12.1 Å². The molecular weight excluding hydrogens is 218 g/mol. The maximum Gasteiger partial charge on any atom is 0.410 e. The number of ether oxygens (including phenoxy) is 1. The predicted octanol–water partition coefficient (Wildman–Crippen LogP) is 3.35. The second-order valence-corrected chi connectivity index (χ2v) is 5.35. The van der Waals surface area contributed by atoms with Gasteiger partial charge in [0.05, 0.1) is 12.3 Å². The van der Waals surface area contributed by atoms with Crippen molar-refractivity contribution in [1.82, 2.24) is 4.90 Å². The van der Waals surface area contributed by atoms with Gasteiger partial charge in [-0.25, -0.2) is 4.79 Å². The van der Waals surface area contributed by atoms with Crippen molar-refractivity contribution in [3.63, 3.8) is 0 Å². The minimum Gasteiger partial charge on any atom is -0.467 e. The van der Waals surface area contributed by atoms with Crippen molar-refractivity contribution in [1.29, 1.82) is 0 Å². The zero-order valence-corrected chi connectivity index (χ0v) is 10.6. The molecule has 0 saturated carbocycles. The number of hydrogen-bond donors (Lipinski definition) is 0. The van der Waals surface area contributed by atoms with Crippen molar-refractivity contribution in [2.45, 2.75) is 45.3 Å². The van der Waals surface area contributed by atoms with Gasteiger partial charge in [-0.2, -0.15) is 0 Å². The number of amides is 1. The first-order valence-electron chi connectivity index (χ1n) is 6.00. The second-order valence-electron chi connectivity index (χ2n) is 5.35. The van der Waals surface area contributed by atoms with E-state index in [1.54, 1.807) is 11.2 Å². The Morgan fingerprint density at radius 3 is 2.88 bits per heavy atom. The first kappa shape index (κ1) is 12.0. The van der Waals surface area contributed by atoms with Crippen molar-refractivity contribution >= 4 is 6.09 Å². The monoisotopic (exact) mass is 237 g/mol. The lowest BCUT2D eigenvalue weighted by Crippen LogP contribution is -2.36. The minimum absolute atomic E-state index is 0.0276. The summed E-state index contributed by atoms with van der Waals surface area (Å²) >= 11 is 0. The van der Waals surface area contributed by atoms with E-state index in [0.29, 0.717) is 0 Å². The molecule has 94 valence electrons. The molecule has 1 unspecified atom stereocenters. The molecule has 1 saturated heterocycles. The van der Waals surface area contributed by atoms with Gasteiger partial charge in [0, 0.05) is 6.54 Å². The third kappa shape index (κ3) is 2.81. The van der Waals surface area contributed by atoms with Gasteiger partial charge in [-0.15, -0.1) is 0 Å². The largest absolute Gasteiger partial charge is 0.467 e. The minimum atomic E-state index is -0.451. The molecule has 0 radical (unpaired) electrons. The van der Waals surface area contributed by atoms with Gasteiger partial charge in [0.15, 0.2) is 0 Å². The predicted molar refractivity (Wildman–Crippen MR) is 63.6 cm³/mol. The quantitative estimate of drug-likeness (QED) is 0.752. The standard InChI is InChI=1S/C13H19NO3/c1-13(2,3)17-12(15)14-8-4-6-10(14)11-7-5-9-16-11/h5,7,9-10H,4,6,8H2,1-3H3. The molecule has 0 bridgehead atoms. The maximum absolute atomic E-state index is 12.0. The molecule has 2 heterocycles. The topological polar surface area (TPSA) is 42.7 Å². The first-order chi connectivity index (χ1) is 7.97. The molecule has 0 aromatic carbocycles. The van der Waals surface area contributed by atoms with E-state index in [2.05, 4.69) is 0 Å². The van der Waals surface area contributed by atoms with Crippen LogP contribution in [0.1, 0.15) is 45.4 Å². The molecule has 1 atom stereocenters.